The Balaban J connectivity index is 0.00000181. The van der Waals surface area contributed by atoms with Gasteiger partial charge >= 0.3 is 6.18 Å². The van der Waals surface area contributed by atoms with Gasteiger partial charge in [0.25, 0.3) is 0 Å². The van der Waals surface area contributed by atoms with Crippen LogP contribution in [-0.4, -0.2) is 50.6 Å². The van der Waals surface area contributed by atoms with Crippen molar-refractivity contribution in [1.29, 1.82) is 0 Å². The van der Waals surface area contributed by atoms with E-state index >= 15 is 0 Å². The van der Waals surface area contributed by atoms with E-state index in [4.69, 9.17) is 0 Å². The fourth-order valence-electron chi connectivity index (χ4n) is 3.73. The zero-order valence-electron chi connectivity index (χ0n) is 15.9. The van der Waals surface area contributed by atoms with Gasteiger partial charge < -0.3 is 15.2 Å². The number of carbonyl (C=O) groups is 1. The molecule has 1 aliphatic heterocycles. The molecule has 3 aromatic heterocycles. The first-order valence-electron chi connectivity index (χ1n) is 9.26. The normalized spacial score (nSPS) is 19.4. The van der Waals surface area contributed by atoms with E-state index in [1.54, 1.807) is 24.1 Å². The van der Waals surface area contributed by atoms with Gasteiger partial charge in [-0.15, -0.1) is 0 Å². The van der Waals surface area contributed by atoms with Crippen molar-refractivity contribution in [2.75, 3.05) is 18.0 Å². The largest absolute Gasteiger partial charge is 0.405 e. The van der Waals surface area contributed by atoms with Crippen molar-refractivity contribution < 1.29 is 25.2 Å². The molecular formula is C19H22F4N6O. The monoisotopic (exact) mass is 426 g/mol. The number of hydrogen-bond donors (Lipinski definition) is 2. The number of carbonyl (C=O) groups excluding carboxylic acids is 1. The minimum Gasteiger partial charge on any atom is -0.345 e. The van der Waals surface area contributed by atoms with Gasteiger partial charge in [-0.3, -0.25) is 4.79 Å². The zero-order valence-corrected chi connectivity index (χ0v) is 15.9. The topological polar surface area (TPSA) is 86.8 Å². The fraction of sp³-hybridized carbons (Fsp3) is 0.368. The quantitative estimate of drug-likeness (QED) is 0.622. The lowest BCUT2D eigenvalue weighted by Crippen LogP contribution is -2.55. The number of nitrogens with zero attached hydrogens (tertiary/aromatic N) is 4. The summed E-state index contributed by atoms with van der Waals surface area (Å²) in [6, 6.07) is 2.91. The van der Waals surface area contributed by atoms with Gasteiger partial charge in [0.1, 0.15) is 29.4 Å². The second-order valence-electron chi connectivity index (χ2n) is 7.32. The van der Waals surface area contributed by atoms with E-state index in [1.807, 2.05) is 5.32 Å². The lowest BCUT2D eigenvalue weighted by Gasteiger charge is -2.35. The van der Waals surface area contributed by atoms with Crippen molar-refractivity contribution in [3.05, 3.63) is 36.5 Å². The molecule has 0 aliphatic carbocycles. The Bertz CT molecular complexity index is 1110. The molecule has 1 amide bonds. The van der Waals surface area contributed by atoms with Crippen molar-refractivity contribution in [2.24, 2.45) is 0 Å². The SMILES string of the molecule is C[C@]1(C(=O)NCC(F)(F)F)CCCN1c1ccnc(-c2c[nH]c3ncc(F)cc23)n1.[HH].[HH]. The Labute approximate surface area is 171 Å². The van der Waals surface area contributed by atoms with Crippen LogP contribution in [-0.2, 0) is 4.79 Å². The molecule has 7 nitrogen and oxygen atoms in total. The molecule has 0 radical (unpaired) electrons. The summed E-state index contributed by atoms with van der Waals surface area (Å²) >= 11 is 0. The van der Waals surface area contributed by atoms with Crippen LogP contribution in [0.3, 0.4) is 0 Å². The smallest absolute Gasteiger partial charge is 0.345 e. The summed E-state index contributed by atoms with van der Waals surface area (Å²) in [4.78, 5) is 29.9. The van der Waals surface area contributed by atoms with Crippen molar-refractivity contribution in [1.82, 2.24) is 25.3 Å². The molecule has 0 saturated carbocycles. The van der Waals surface area contributed by atoms with Crippen LogP contribution in [0.2, 0.25) is 0 Å². The second kappa shape index (κ2) is 7.22. The van der Waals surface area contributed by atoms with Crippen LogP contribution in [0, 0.1) is 5.82 Å². The molecule has 4 rings (SSSR count). The Morgan fingerprint density at radius 1 is 1.40 bits per heavy atom. The molecule has 1 atom stereocenters. The summed E-state index contributed by atoms with van der Waals surface area (Å²) < 4.78 is 51.2. The number of fused-ring (bicyclic) bond motifs is 1. The summed E-state index contributed by atoms with van der Waals surface area (Å²) in [6.07, 6.45) is 0.714. The van der Waals surface area contributed by atoms with Gasteiger partial charge in [-0.2, -0.15) is 13.2 Å². The van der Waals surface area contributed by atoms with Crippen LogP contribution < -0.4 is 10.2 Å². The van der Waals surface area contributed by atoms with Crippen molar-refractivity contribution in [3.63, 3.8) is 0 Å². The van der Waals surface area contributed by atoms with E-state index in [-0.39, 0.29) is 8.68 Å². The molecule has 0 spiro atoms. The van der Waals surface area contributed by atoms with Crippen LogP contribution in [0.4, 0.5) is 23.4 Å². The Kier molecular flexibility index (Phi) is 4.83. The predicted octanol–water partition coefficient (Wildman–Crippen LogP) is 3.69. The number of hydrogen-bond acceptors (Lipinski definition) is 5. The van der Waals surface area contributed by atoms with E-state index in [0.717, 1.165) is 6.20 Å². The Morgan fingerprint density at radius 3 is 2.97 bits per heavy atom. The molecule has 4 heterocycles. The van der Waals surface area contributed by atoms with Crippen molar-refractivity contribution >= 4 is 22.8 Å². The maximum absolute atomic E-state index is 13.6. The third kappa shape index (κ3) is 3.66. The van der Waals surface area contributed by atoms with Crippen LogP contribution in [0.25, 0.3) is 22.4 Å². The highest BCUT2D eigenvalue weighted by atomic mass is 19.4. The first-order chi connectivity index (χ1) is 14.2. The number of H-pyrrole nitrogens is 1. The molecule has 2 N–H and O–H groups in total. The minimum absolute atomic E-state index is 0. The van der Waals surface area contributed by atoms with Crippen molar-refractivity contribution in [3.8, 4) is 11.4 Å². The summed E-state index contributed by atoms with van der Waals surface area (Å²) in [5.41, 5.74) is -0.177. The maximum atomic E-state index is 13.6. The summed E-state index contributed by atoms with van der Waals surface area (Å²) in [6.45, 7) is 0.660. The van der Waals surface area contributed by atoms with E-state index in [2.05, 4.69) is 19.9 Å². The number of anilines is 1. The van der Waals surface area contributed by atoms with Crippen LogP contribution in [0.5, 0.6) is 0 Å². The van der Waals surface area contributed by atoms with Gasteiger partial charge in [-0.05, 0) is 31.9 Å². The molecule has 3 aromatic rings. The number of rotatable bonds is 4. The molecule has 0 aromatic carbocycles. The number of aromatic amines is 1. The first kappa shape index (κ1) is 20.0. The highest BCUT2D eigenvalue weighted by Crippen LogP contribution is 2.35. The van der Waals surface area contributed by atoms with E-state index < -0.39 is 30.0 Å². The highest BCUT2D eigenvalue weighted by molar-refractivity contribution is 5.92. The zero-order chi connectivity index (χ0) is 21.5. The number of halogens is 4. The third-order valence-electron chi connectivity index (χ3n) is 5.24. The third-order valence-corrected chi connectivity index (χ3v) is 5.24. The summed E-state index contributed by atoms with van der Waals surface area (Å²) in [5, 5.41) is 2.47. The van der Waals surface area contributed by atoms with Gasteiger partial charge in [0.2, 0.25) is 5.91 Å². The number of nitrogens with one attached hydrogen (secondary N) is 2. The maximum Gasteiger partial charge on any atom is 0.405 e. The lowest BCUT2D eigenvalue weighted by molar-refractivity contribution is -0.141. The van der Waals surface area contributed by atoms with E-state index in [1.165, 1.54) is 12.3 Å². The fourth-order valence-corrected chi connectivity index (χ4v) is 3.73. The minimum atomic E-state index is -4.49. The summed E-state index contributed by atoms with van der Waals surface area (Å²) in [5.74, 6) is -0.527. The first-order valence-corrected chi connectivity index (χ1v) is 9.26. The molecule has 0 bridgehead atoms. The highest BCUT2D eigenvalue weighted by Gasteiger charge is 2.45. The summed E-state index contributed by atoms with van der Waals surface area (Å²) in [7, 11) is 0. The van der Waals surface area contributed by atoms with E-state index in [9.17, 15) is 22.4 Å². The molecule has 1 fully saturated rings. The second-order valence-corrected chi connectivity index (χ2v) is 7.32. The Morgan fingerprint density at radius 2 is 2.20 bits per heavy atom. The molecule has 1 aliphatic rings. The average molecular weight is 426 g/mol. The lowest BCUT2D eigenvalue weighted by atomic mass is 9.97. The number of aromatic nitrogens is 4. The average Bonchev–Trinajstić information content (AvgIpc) is 3.29. The van der Waals surface area contributed by atoms with Gasteiger partial charge in [0.05, 0.1) is 6.20 Å². The molecule has 162 valence electrons. The van der Waals surface area contributed by atoms with Crippen LogP contribution in [0.1, 0.15) is 22.6 Å². The molecule has 11 heteroatoms. The Hall–Kier alpha value is -3.24. The number of alkyl halides is 3. The van der Waals surface area contributed by atoms with Crippen molar-refractivity contribution in [2.45, 2.75) is 31.5 Å². The van der Waals surface area contributed by atoms with E-state index in [0.29, 0.717) is 41.8 Å². The number of pyridine rings is 1. The van der Waals surface area contributed by atoms with Gasteiger partial charge in [0, 0.05) is 32.7 Å². The van der Waals surface area contributed by atoms with Gasteiger partial charge in [-0.1, -0.05) is 0 Å². The van der Waals surface area contributed by atoms with Crippen LogP contribution >= 0.6 is 0 Å². The molecule has 0 unspecified atom stereocenters. The van der Waals surface area contributed by atoms with Gasteiger partial charge in [-0.25, -0.2) is 19.3 Å². The van der Waals surface area contributed by atoms with Gasteiger partial charge in [0.15, 0.2) is 5.82 Å². The van der Waals surface area contributed by atoms with Crippen LogP contribution in [0.15, 0.2) is 30.7 Å². The number of amides is 1. The molecular weight excluding hydrogens is 404 g/mol. The molecule has 30 heavy (non-hydrogen) atoms. The molecule has 1 saturated heterocycles. The predicted molar refractivity (Wildman–Crippen MR) is 105 cm³/mol. The standard InChI is InChI=1S/C19H18F4N6O.2H2/c1-18(17(30)27-10-19(21,22)23)4-2-6-29(18)14-3-5-24-16(28-14)13-9-26-15-12(13)7-11(20)8-25-15;;/h3,5,7-9H,2,4,6,10H2,1H3,(H,25,26)(H,27,30);2*1H/t18-;;/m1../s1.